The molecule has 2 aliphatic rings. The van der Waals surface area contributed by atoms with Gasteiger partial charge in [-0.3, -0.25) is 20.1 Å². The number of hydrogen-bond donors (Lipinski definition) is 3. The van der Waals surface area contributed by atoms with Crippen LogP contribution < -0.4 is 16.4 Å². The quantitative estimate of drug-likeness (QED) is 0.318. The second-order valence-electron chi connectivity index (χ2n) is 9.30. The SMILES string of the molecule is CC(/C=N\CNCc1ccc(C2=CCC3N=CN=C(N)C3=C2)s1)=C/CC(=O)NCc1ccc(C)c(C)c1. The lowest BCUT2D eigenvalue weighted by molar-refractivity contribution is -0.120. The summed E-state index contributed by atoms with van der Waals surface area (Å²) in [6.45, 7) is 7.92. The van der Waals surface area contributed by atoms with Gasteiger partial charge in [-0.05, 0) is 73.2 Å². The van der Waals surface area contributed by atoms with Crippen molar-refractivity contribution in [2.24, 2.45) is 20.7 Å². The zero-order valence-electron chi connectivity index (χ0n) is 21.6. The van der Waals surface area contributed by atoms with E-state index in [0.717, 1.165) is 29.7 Å². The van der Waals surface area contributed by atoms with Crippen LogP contribution in [0.3, 0.4) is 0 Å². The number of carbonyl (C=O) groups is 1. The van der Waals surface area contributed by atoms with Gasteiger partial charge in [0, 0.05) is 41.1 Å². The van der Waals surface area contributed by atoms with Gasteiger partial charge in [0.15, 0.2) is 0 Å². The van der Waals surface area contributed by atoms with Crippen LogP contribution in [-0.2, 0) is 17.9 Å². The molecule has 1 aliphatic carbocycles. The van der Waals surface area contributed by atoms with E-state index in [9.17, 15) is 4.79 Å². The number of nitrogens with one attached hydrogen (secondary N) is 2. The van der Waals surface area contributed by atoms with Crippen molar-refractivity contribution < 1.29 is 4.79 Å². The molecule has 2 aromatic rings. The highest BCUT2D eigenvalue weighted by molar-refractivity contribution is 7.13. The van der Waals surface area contributed by atoms with Crippen molar-refractivity contribution in [3.63, 3.8) is 0 Å². The van der Waals surface area contributed by atoms with Gasteiger partial charge >= 0.3 is 0 Å². The van der Waals surface area contributed by atoms with Crippen molar-refractivity contribution in [2.75, 3.05) is 6.67 Å². The minimum atomic E-state index is 0.00281. The normalized spacial score (nSPS) is 17.3. The molecule has 1 aliphatic heterocycles. The molecule has 0 radical (unpaired) electrons. The third-order valence-corrected chi connectivity index (χ3v) is 7.52. The summed E-state index contributed by atoms with van der Waals surface area (Å²) in [4.78, 5) is 27.6. The van der Waals surface area contributed by atoms with Crippen LogP contribution >= 0.6 is 11.3 Å². The van der Waals surface area contributed by atoms with Crippen LogP contribution in [0, 0.1) is 13.8 Å². The van der Waals surface area contributed by atoms with Gasteiger partial charge < -0.3 is 11.1 Å². The number of hydrogen-bond acceptors (Lipinski definition) is 7. The van der Waals surface area contributed by atoms with Gasteiger partial charge in [0.25, 0.3) is 0 Å². The number of aryl methyl sites for hydroxylation is 2. The van der Waals surface area contributed by atoms with Crippen molar-refractivity contribution in [1.29, 1.82) is 0 Å². The van der Waals surface area contributed by atoms with Gasteiger partial charge in [0.1, 0.15) is 12.2 Å². The molecule has 8 heteroatoms. The van der Waals surface area contributed by atoms with Crippen molar-refractivity contribution in [3.05, 3.63) is 86.2 Å². The van der Waals surface area contributed by atoms with E-state index in [2.05, 4.69) is 81.9 Å². The molecule has 0 saturated carbocycles. The lowest BCUT2D eigenvalue weighted by Gasteiger charge is -2.21. The lowest BCUT2D eigenvalue weighted by atomic mass is 9.93. The number of nitrogens with two attached hydrogens (primary N) is 1. The molecule has 0 bridgehead atoms. The fraction of sp³-hybridized carbons (Fsp3) is 0.310. The second kappa shape index (κ2) is 12.6. The molecule has 4 rings (SSSR count). The number of carbonyl (C=O) groups excluding carboxylic acids is 1. The minimum absolute atomic E-state index is 0.00281. The average molecular weight is 515 g/mol. The zero-order valence-corrected chi connectivity index (χ0v) is 22.4. The Kier molecular flexibility index (Phi) is 8.98. The monoisotopic (exact) mass is 514 g/mol. The van der Waals surface area contributed by atoms with Crippen molar-refractivity contribution in [2.45, 2.75) is 52.7 Å². The van der Waals surface area contributed by atoms with Crippen LogP contribution in [0.5, 0.6) is 0 Å². The van der Waals surface area contributed by atoms with Gasteiger partial charge in [0.2, 0.25) is 5.91 Å². The van der Waals surface area contributed by atoms with E-state index in [1.807, 2.05) is 13.0 Å². The summed E-state index contributed by atoms with van der Waals surface area (Å²) in [5.41, 5.74) is 12.8. The summed E-state index contributed by atoms with van der Waals surface area (Å²) >= 11 is 1.76. The molecule has 1 aromatic heterocycles. The van der Waals surface area contributed by atoms with Crippen LogP contribution in [0.25, 0.3) is 5.57 Å². The van der Waals surface area contributed by atoms with Crippen LogP contribution in [-0.4, -0.2) is 37.0 Å². The smallest absolute Gasteiger partial charge is 0.224 e. The molecule has 0 fully saturated rings. The number of allylic oxidation sites excluding steroid dienone is 3. The summed E-state index contributed by atoms with van der Waals surface area (Å²) in [5.74, 6) is 0.562. The first kappa shape index (κ1) is 26.4. The maximum Gasteiger partial charge on any atom is 0.224 e. The molecule has 37 heavy (non-hydrogen) atoms. The molecule has 0 saturated heterocycles. The largest absolute Gasteiger partial charge is 0.383 e. The topological polar surface area (TPSA) is 104 Å². The van der Waals surface area contributed by atoms with Crippen LogP contribution in [0.4, 0.5) is 0 Å². The maximum atomic E-state index is 12.2. The Morgan fingerprint density at radius 2 is 2.08 bits per heavy atom. The van der Waals surface area contributed by atoms with Crippen LogP contribution in [0.1, 0.15) is 46.2 Å². The number of thiophene rings is 1. The van der Waals surface area contributed by atoms with E-state index >= 15 is 0 Å². The third kappa shape index (κ3) is 7.44. The third-order valence-electron chi connectivity index (χ3n) is 6.38. The molecule has 4 N–H and O–H groups in total. The van der Waals surface area contributed by atoms with E-state index < -0.39 is 0 Å². The zero-order chi connectivity index (χ0) is 26.2. The Morgan fingerprint density at radius 1 is 1.22 bits per heavy atom. The Labute approximate surface area is 222 Å². The molecule has 2 heterocycles. The van der Waals surface area contributed by atoms with Gasteiger partial charge in [-0.1, -0.05) is 30.4 Å². The van der Waals surface area contributed by atoms with E-state index in [1.54, 1.807) is 23.9 Å². The average Bonchev–Trinajstić information content (AvgIpc) is 3.37. The molecule has 7 nitrogen and oxygen atoms in total. The second-order valence-corrected chi connectivity index (χ2v) is 10.5. The highest BCUT2D eigenvalue weighted by atomic mass is 32.1. The minimum Gasteiger partial charge on any atom is -0.383 e. The summed E-state index contributed by atoms with van der Waals surface area (Å²) in [7, 11) is 0. The first-order valence-corrected chi connectivity index (χ1v) is 13.3. The van der Waals surface area contributed by atoms with Gasteiger partial charge in [0.05, 0.1) is 12.7 Å². The number of fused-ring (bicyclic) bond motifs is 1. The Morgan fingerprint density at radius 3 is 2.92 bits per heavy atom. The fourth-order valence-electron chi connectivity index (χ4n) is 4.05. The number of rotatable bonds is 10. The summed E-state index contributed by atoms with van der Waals surface area (Å²) in [6, 6.07) is 10.6. The molecule has 192 valence electrons. The van der Waals surface area contributed by atoms with E-state index in [4.69, 9.17) is 5.73 Å². The Hall–Kier alpha value is -3.62. The Bertz CT molecular complexity index is 1330. The van der Waals surface area contributed by atoms with E-state index in [1.165, 1.54) is 26.5 Å². The van der Waals surface area contributed by atoms with Gasteiger partial charge in [-0.2, -0.15) is 0 Å². The van der Waals surface area contributed by atoms with Gasteiger partial charge in [-0.25, -0.2) is 4.99 Å². The standard InChI is InChI=1S/C29H34N6OS/c1-19(4-11-28(36)33-15-22-6-5-20(2)21(3)12-22)14-31-17-32-16-24-8-10-27(37-24)23-7-9-26-25(13-23)29(30)35-18-34-26/h4-8,10,12-14,18,26,32H,9,11,15-17H2,1-3H3,(H,33,36)(H2,30,34,35)/b19-4-,31-14-. The maximum absolute atomic E-state index is 12.2. The van der Waals surface area contributed by atoms with Crippen LogP contribution in [0.2, 0.25) is 0 Å². The highest BCUT2D eigenvalue weighted by Gasteiger charge is 2.22. The predicted molar refractivity (Wildman–Crippen MR) is 155 cm³/mol. The molecule has 1 atom stereocenters. The molecule has 1 aromatic carbocycles. The number of benzene rings is 1. The van der Waals surface area contributed by atoms with Crippen molar-refractivity contribution in [1.82, 2.24) is 10.6 Å². The number of nitrogens with zero attached hydrogens (tertiary/aromatic N) is 3. The first-order valence-electron chi connectivity index (χ1n) is 12.5. The molecule has 1 unspecified atom stereocenters. The summed E-state index contributed by atoms with van der Waals surface area (Å²) < 4.78 is 0. The molecular formula is C29H34N6OS. The predicted octanol–water partition coefficient (Wildman–Crippen LogP) is 4.62. The first-order chi connectivity index (χ1) is 17.9. The molecule has 1 amide bonds. The summed E-state index contributed by atoms with van der Waals surface area (Å²) in [5, 5.41) is 6.32. The molecule has 0 spiro atoms. The van der Waals surface area contributed by atoms with Crippen molar-refractivity contribution in [3.8, 4) is 0 Å². The van der Waals surface area contributed by atoms with E-state index in [-0.39, 0.29) is 11.9 Å². The molecular weight excluding hydrogens is 480 g/mol. The fourth-order valence-corrected chi connectivity index (χ4v) is 5.04. The Balaban J connectivity index is 1.17. The number of aliphatic imine (C=N–C) groups is 3. The van der Waals surface area contributed by atoms with Crippen molar-refractivity contribution >= 4 is 41.2 Å². The summed E-state index contributed by atoms with van der Waals surface area (Å²) in [6.07, 6.45) is 10.8. The lowest BCUT2D eigenvalue weighted by Crippen LogP contribution is -2.28. The van der Waals surface area contributed by atoms with Crippen LogP contribution in [0.15, 0.2) is 74.7 Å². The number of amides is 1. The highest BCUT2D eigenvalue weighted by Crippen LogP contribution is 2.32. The van der Waals surface area contributed by atoms with Gasteiger partial charge in [-0.15, -0.1) is 11.3 Å². The van der Waals surface area contributed by atoms with E-state index in [0.29, 0.717) is 25.5 Å². The number of amidine groups is 1.